The smallest absolute Gasteiger partial charge is 0.237 e. The fourth-order valence-electron chi connectivity index (χ4n) is 2.46. The van der Waals surface area contributed by atoms with Crippen LogP contribution in [0.25, 0.3) is 0 Å². The third-order valence-electron chi connectivity index (χ3n) is 3.29. The third kappa shape index (κ3) is 2.59. The average molecular weight is 263 g/mol. The normalized spacial score (nSPS) is 38.1. The van der Waals surface area contributed by atoms with E-state index in [0.29, 0.717) is 13.2 Å². The predicted molar refractivity (Wildman–Crippen MR) is 60.9 cm³/mol. The Bertz CT molecular complexity index is 410. The first kappa shape index (κ1) is 12.7. The summed E-state index contributed by atoms with van der Waals surface area (Å²) in [6.07, 6.45) is 0. The second-order valence-electron chi connectivity index (χ2n) is 4.54. The number of carbonyl (C=O) groups is 1. The van der Waals surface area contributed by atoms with E-state index in [0.717, 1.165) is 0 Å². The van der Waals surface area contributed by atoms with E-state index in [4.69, 9.17) is 16.2 Å². The molecule has 2 heterocycles. The Morgan fingerprint density at radius 2 is 2.06 bits per heavy atom. The number of nitrogens with two attached hydrogens (primary N) is 2. The molecule has 4 N–H and O–H groups in total. The van der Waals surface area contributed by atoms with Gasteiger partial charge in [-0.15, -0.1) is 0 Å². The highest BCUT2D eigenvalue weighted by Gasteiger charge is 2.43. The lowest BCUT2D eigenvalue weighted by atomic mass is 10.1. The highest BCUT2D eigenvalue weighted by molar-refractivity contribution is 7.91. The molecule has 2 fully saturated rings. The molecular weight excluding hydrogens is 246 g/mol. The van der Waals surface area contributed by atoms with E-state index >= 15 is 0 Å². The monoisotopic (exact) mass is 263 g/mol. The Balaban J connectivity index is 2.17. The van der Waals surface area contributed by atoms with Crippen LogP contribution in [0.15, 0.2) is 0 Å². The molecule has 8 heteroatoms. The van der Waals surface area contributed by atoms with Crippen LogP contribution < -0.4 is 11.5 Å². The van der Waals surface area contributed by atoms with Crippen molar-refractivity contribution in [3.05, 3.63) is 0 Å². The number of hydrogen-bond acceptors (Lipinski definition) is 6. The molecule has 0 spiro atoms. The summed E-state index contributed by atoms with van der Waals surface area (Å²) in [5.74, 6) is -0.528. The number of hydrogen-bond donors (Lipinski definition) is 2. The van der Waals surface area contributed by atoms with Crippen LogP contribution in [-0.2, 0) is 19.4 Å². The highest BCUT2D eigenvalue weighted by atomic mass is 32.2. The number of amides is 1. The molecule has 0 bridgehead atoms. The van der Waals surface area contributed by atoms with Gasteiger partial charge in [0, 0.05) is 18.6 Å². The molecule has 3 unspecified atom stereocenters. The lowest BCUT2D eigenvalue weighted by molar-refractivity contribution is -0.131. The van der Waals surface area contributed by atoms with Gasteiger partial charge in [0.25, 0.3) is 0 Å². The standard InChI is InChI=1S/C9H17N3O4S/c10-6-4-17(14,15)5-8(6)12-1-2-16-3-7(12)9(11)13/h6-8H,1-5,10H2,(H2,11,13). The first-order chi connectivity index (χ1) is 7.91. The van der Waals surface area contributed by atoms with Crippen molar-refractivity contribution in [3.63, 3.8) is 0 Å². The molecule has 0 aromatic rings. The van der Waals surface area contributed by atoms with Gasteiger partial charge in [0.1, 0.15) is 6.04 Å². The van der Waals surface area contributed by atoms with Crippen molar-refractivity contribution in [2.75, 3.05) is 31.3 Å². The summed E-state index contributed by atoms with van der Waals surface area (Å²) in [5, 5.41) is 0. The van der Waals surface area contributed by atoms with Gasteiger partial charge < -0.3 is 16.2 Å². The van der Waals surface area contributed by atoms with Crippen LogP contribution in [-0.4, -0.2) is 68.6 Å². The lowest BCUT2D eigenvalue weighted by Crippen LogP contribution is -2.60. The number of sulfone groups is 1. The first-order valence-corrected chi connectivity index (χ1v) is 7.31. The van der Waals surface area contributed by atoms with Gasteiger partial charge in [0.2, 0.25) is 5.91 Å². The van der Waals surface area contributed by atoms with Gasteiger partial charge in [0.05, 0.1) is 24.7 Å². The van der Waals surface area contributed by atoms with E-state index in [2.05, 4.69) is 0 Å². The SMILES string of the molecule is NC(=O)C1COCCN1C1CS(=O)(=O)CC1N. The number of carbonyl (C=O) groups excluding carboxylic acids is 1. The van der Waals surface area contributed by atoms with E-state index in [1.165, 1.54) is 0 Å². The molecule has 0 aromatic heterocycles. The number of primary amides is 1. The Labute approximate surface area is 100.0 Å². The Kier molecular flexibility index (Phi) is 3.39. The minimum atomic E-state index is -3.10. The first-order valence-electron chi connectivity index (χ1n) is 5.49. The molecule has 0 aromatic carbocycles. The largest absolute Gasteiger partial charge is 0.378 e. The maximum absolute atomic E-state index is 11.5. The predicted octanol–water partition coefficient (Wildman–Crippen LogP) is -2.70. The van der Waals surface area contributed by atoms with Crippen molar-refractivity contribution >= 4 is 15.7 Å². The van der Waals surface area contributed by atoms with Gasteiger partial charge in [-0.3, -0.25) is 9.69 Å². The zero-order chi connectivity index (χ0) is 12.6. The van der Waals surface area contributed by atoms with Crippen LogP contribution in [0, 0.1) is 0 Å². The molecule has 0 aliphatic carbocycles. The Morgan fingerprint density at radius 1 is 1.35 bits per heavy atom. The van der Waals surface area contributed by atoms with Gasteiger partial charge in [-0.2, -0.15) is 0 Å². The fraction of sp³-hybridized carbons (Fsp3) is 0.889. The molecule has 0 saturated carbocycles. The summed E-state index contributed by atoms with van der Waals surface area (Å²) in [4.78, 5) is 13.1. The van der Waals surface area contributed by atoms with Gasteiger partial charge in [0.15, 0.2) is 9.84 Å². The molecule has 7 nitrogen and oxygen atoms in total. The van der Waals surface area contributed by atoms with E-state index < -0.39 is 27.8 Å². The molecular formula is C9H17N3O4S. The topological polar surface area (TPSA) is 116 Å². The Morgan fingerprint density at radius 3 is 2.59 bits per heavy atom. The van der Waals surface area contributed by atoms with Crippen LogP contribution in [0.3, 0.4) is 0 Å². The number of ether oxygens (including phenoxy) is 1. The van der Waals surface area contributed by atoms with Crippen molar-refractivity contribution in [1.29, 1.82) is 0 Å². The lowest BCUT2D eigenvalue weighted by Gasteiger charge is -2.38. The van der Waals surface area contributed by atoms with Crippen LogP contribution in [0.2, 0.25) is 0 Å². The van der Waals surface area contributed by atoms with E-state index in [1.807, 2.05) is 0 Å². The van der Waals surface area contributed by atoms with E-state index in [9.17, 15) is 13.2 Å². The molecule has 3 atom stereocenters. The van der Waals surface area contributed by atoms with Crippen LogP contribution >= 0.6 is 0 Å². The maximum Gasteiger partial charge on any atom is 0.237 e. The number of nitrogens with zero attached hydrogens (tertiary/aromatic N) is 1. The van der Waals surface area contributed by atoms with Crippen LogP contribution in [0.5, 0.6) is 0 Å². The third-order valence-corrected chi connectivity index (χ3v) is 5.03. The minimum absolute atomic E-state index is 0.00204. The number of morpholine rings is 1. The quantitative estimate of drug-likeness (QED) is 0.560. The van der Waals surface area contributed by atoms with Crippen LogP contribution in [0.4, 0.5) is 0 Å². The highest BCUT2D eigenvalue weighted by Crippen LogP contribution is 2.21. The van der Waals surface area contributed by atoms with Crippen molar-refractivity contribution in [2.24, 2.45) is 11.5 Å². The summed E-state index contributed by atoms with van der Waals surface area (Å²) in [7, 11) is -3.10. The molecule has 2 aliphatic rings. The summed E-state index contributed by atoms with van der Waals surface area (Å²) in [6, 6.07) is -1.37. The maximum atomic E-state index is 11.5. The van der Waals surface area contributed by atoms with E-state index in [1.54, 1.807) is 4.90 Å². The summed E-state index contributed by atoms with van der Waals surface area (Å²) in [5.41, 5.74) is 11.1. The molecule has 2 aliphatic heterocycles. The van der Waals surface area contributed by atoms with Gasteiger partial charge in [-0.05, 0) is 0 Å². The number of rotatable bonds is 2. The minimum Gasteiger partial charge on any atom is -0.378 e. The molecule has 0 radical (unpaired) electrons. The van der Waals surface area contributed by atoms with E-state index in [-0.39, 0.29) is 24.2 Å². The average Bonchev–Trinajstić information content (AvgIpc) is 2.52. The van der Waals surface area contributed by atoms with Crippen molar-refractivity contribution in [3.8, 4) is 0 Å². The second-order valence-corrected chi connectivity index (χ2v) is 6.69. The zero-order valence-electron chi connectivity index (χ0n) is 9.41. The van der Waals surface area contributed by atoms with Crippen molar-refractivity contribution in [1.82, 2.24) is 4.90 Å². The summed E-state index contributed by atoms with van der Waals surface area (Å²) < 4.78 is 28.2. The van der Waals surface area contributed by atoms with Crippen molar-refractivity contribution in [2.45, 2.75) is 18.1 Å². The molecule has 2 rings (SSSR count). The van der Waals surface area contributed by atoms with Gasteiger partial charge in [-0.1, -0.05) is 0 Å². The Hall–Kier alpha value is -0.700. The van der Waals surface area contributed by atoms with Gasteiger partial charge >= 0.3 is 0 Å². The van der Waals surface area contributed by atoms with Gasteiger partial charge in [-0.25, -0.2) is 8.42 Å². The molecule has 98 valence electrons. The fourth-order valence-corrected chi connectivity index (χ4v) is 4.36. The summed E-state index contributed by atoms with van der Waals surface area (Å²) in [6.45, 7) is 1.16. The molecule has 2 saturated heterocycles. The van der Waals surface area contributed by atoms with Crippen LogP contribution in [0.1, 0.15) is 0 Å². The second kappa shape index (κ2) is 4.52. The summed E-state index contributed by atoms with van der Waals surface area (Å²) >= 11 is 0. The molecule has 1 amide bonds. The zero-order valence-corrected chi connectivity index (χ0v) is 10.2. The molecule has 17 heavy (non-hydrogen) atoms. The van der Waals surface area contributed by atoms with Crippen molar-refractivity contribution < 1.29 is 17.9 Å².